The summed E-state index contributed by atoms with van der Waals surface area (Å²) in [6.45, 7) is 3.92. The van der Waals surface area contributed by atoms with Gasteiger partial charge in [0.25, 0.3) is 5.56 Å². The molecular weight excluding hydrogens is 309 g/mol. The molecule has 0 spiro atoms. The molecular formula is C18H20FN3O2. The van der Waals surface area contributed by atoms with Crippen LogP contribution in [-0.4, -0.2) is 14.8 Å². The zero-order valence-corrected chi connectivity index (χ0v) is 13.8. The van der Waals surface area contributed by atoms with E-state index >= 15 is 0 Å². The summed E-state index contributed by atoms with van der Waals surface area (Å²) in [5, 5.41) is 2.86. The van der Waals surface area contributed by atoms with Crippen LogP contribution < -0.4 is 11.0 Å². The van der Waals surface area contributed by atoms with Crippen molar-refractivity contribution in [3.05, 3.63) is 61.9 Å². The molecule has 0 aliphatic heterocycles. The first-order chi connectivity index (χ1) is 11.5. The first-order valence-electron chi connectivity index (χ1n) is 8.16. The van der Waals surface area contributed by atoms with Gasteiger partial charge in [0, 0.05) is 11.3 Å². The van der Waals surface area contributed by atoms with Gasteiger partial charge in [-0.1, -0.05) is 31.9 Å². The highest BCUT2D eigenvalue weighted by Crippen LogP contribution is 2.14. The fourth-order valence-electron chi connectivity index (χ4n) is 2.98. The van der Waals surface area contributed by atoms with Crippen LogP contribution in [-0.2, 0) is 6.42 Å². The zero-order chi connectivity index (χ0) is 17.3. The highest BCUT2D eigenvalue weighted by atomic mass is 19.1. The Morgan fingerprint density at radius 3 is 2.62 bits per heavy atom. The third kappa shape index (κ3) is 2.68. The van der Waals surface area contributed by atoms with Gasteiger partial charge in [0.05, 0.1) is 0 Å². The minimum atomic E-state index is -0.534. The quantitative estimate of drug-likeness (QED) is 0.706. The second kappa shape index (κ2) is 6.47. The second-order valence-electron chi connectivity index (χ2n) is 5.97. The molecule has 6 heteroatoms. The van der Waals surface area contributed by atoms with E-state index in [9.17, 15) is 14.0 Å². The maximum Gasteiger partial charge on any atom is 0.284 e. The summed E-state index contributed by atoms with van der Waals surface area (Å²) in [5.41, 5.74) is 0.988. The van der Waals surface area contributed by atoms with Crippen LogP contribution in [0.1, 0.15) is 37.4 Å². The van der Waals surface area contributed by atoms with Crippen molar-refractivity contribution in [3.8, 4) is 5.69 Å². The van der Waals surface area contributed by atoms with Crippen LogP contribution in [0, 0.1) is 12.7 Å². The van der Waals surface area contributed by atoms with Crippen LogP contribution >= 0.6 is 0 Å². The molecule has 1 aromatic carbocycles. The van der Waals surface area contributed by atoms with Crippen molar-refractivity contribution < 1.29 is 4.39 Å². The first-order valence-corrected chi connectivity index (χ1v) is 8.16. The van der Waals surface area contributed by atoms with Crippen molar-refractivity contribution >= 4 is 11.0 Å². The Labute approximate surface area is 138 Å². The molecule has 0 aliphatic rings. The van der Waals surface area contributed by atoms with Crippen LogP contribution in [0.4, 0.5) is 4.39 Å². The van der Waals surface area contributed by atoms with Gasteiger partial charge in [0.2, 0.25) is 0 Å². The Morgan fingerprint density at radius 1 is 1.17 bits per heavy atom. The first kappa shape index (κ1) is 16.2. The minimum Gasteiger partial charge on any atom is -0.343 e. The van der Waals surface area contributed by atoms with Gasteiger partial charge in [-0.3, -0.25) is 14.7 Å². The number of hydrogen-bond donors (Lipinski definition) is 2. The number of rotatable bonds is 5. The van der Waals surface area contributed by atoms with Gasteiger partial charge >= 0.3 is 0 Å². The Morgan fingerprint density at radius 2 is 1.92 bits per heavy atom. The molecule has 2 aromatic heterocycles. The molecule has 0 bridgehead atoms. The SMILES string of the molecule is CCCCCc1c(C)[nH]c2[nH]n(-c3ccccc3F)c(=O)c2c1=O. The monoisotopic (exact) mass is 329 g/mol. The van der Waals surface area contributed by atoms with Crippen molar-refractivity contribution in [2.75, 3.05) is 0 Å². The van der Waals surface area contributed by atoms with Gasteiger partial charge in [-0.15, -0.1) is 0 Å². The van der Waals surface area contributed by atoms with Gasteiger partial charge in [0.1, 0.15) is 22.5 Å². The molecule has 0 fully saturated rings. The van der Waals surface area contributed by atoms with E-state index in [2.05, 4.69) is 17.0 Å². The average molecular weight is 329 g/mol. The number of pyridine rings is 1. The number of halogens is 1. The van der Waals surface area contributed by atoms with E-state index in [4.69, 9.17) is 0 Å². The third-order valence-corrected chi connectivity index (χ3v) is 4.28. The van der Waals surface area contributed by atoms with Crippen LogP contribution in [0.15, 0.2) is 33.9 Å². The topological polar surface area (TPSA) is 70.7 Å². The summed E-state index contributed by atoms with van der Waals surface area (Å²) in [6.07, 6.45) is 3.63. The standard InChI is InChI=1S/C18H20FN3O2/c1-3-4-5-8-12-11(2)20-17-15(16(12)23)18(24)22(21-17)14-10-7-6-9-13(14)19/h6-7,9-10H,3-5,8H2,1-2H3,(H2,20,21,23). The summed E-state index contributed by atoms with van der Waals surface area (Å²) < 4.78 is 15.1. The van der Waals surface area contributed by atoms with E-state index in [-0.39, 0.29) is 16.5 Å². The largest absolute Gasteiger partial charge is 0.343 e. The van der Waals surface area contributed by atoms with E-state index in [1.165, 1.54) is 12.1 Å². The molecule has 0 amide bonds. The molecule has 2 N–H and O–H groups in total. The number of hydrogen-bond acceptors (Lipinski definition) is 2. The van der Waals surface area contributed by atoms with Crippen molar-refractivity contribution in [1.82, 2.24) is 14.8 Å². The molecule has 2 heterocycles. The highest BCUT2D eigenvalue weighted by molar-refractivity contribution is 5.75. The van der Waals surface area contributed by atoms with Crippen molar-refractivity contribution in [1.29, 1.82) is 0 Å². The van der Waals surface area contributed by atoms with Gasteiger partial charge in [0.15, 0.2) is 5.43 Å². The molecule has 0 aliphatic carbocycles. The maximum absolute atomic E-state index is 14.0. The molecule has 0 radical (unpaired) electrons. The van der Waals surface area contributed by atoms with Crippen LogP contribution in [0.5, 0.6) is 0 Å². The molecule has 126 valence electrons. The molecule has 0 saturated heterocycles. The highest BCUT2D eigenvalue weighted by Gasteiger charge is 2.17. The molecule has 3 rings (SSSR count). The average Bonchev–Trinajstić information content (AvgIpc) is 2.87. The lowest BCUT2D eigenvalue weighted by Gasteiger charge is -2.04. The summed E-state index contributed by atoms with van der Waals surface area (Å²) in [7, 11) is 0. The summed E-state index contributed by atoms with van der Waals surface area (Å²) in [6, 6.07) is 5.95. The minimum absolute atomic E-state index is 0.0513. The Hall–Kier alpha value is -2.63. The molecule has 0 atom stereocenters. The number of H-pyrrole nitrogens is 2. The second-order valence-corrected chi connectivity index (χ2v) is 5.97. The maximum atomic E-state index is 14.0. The van der Waals surface area contributed by atoms with E-state index in [0.29, 0.717) is 17.6 Å². The van der Waals surface area contributed by atoms with Crippen molar-refractivity contribution in [3.63, 3.8) is 0 Å². The van der Waals surface area contributed by atoms with Gasteiger partial charge in [-0.25, -0.2) is 9.07 Å². The number of aromatic nitrogens is 3. The number of unbranched alkanes of at least 4 members (excludes halogenated alkanes) is 2. The molecule has 24 heavy (non-hydrogen) atoms. The van der Waals surface area contributed by atoms with E-state index in [0.717, 1.165) is 29.6 Å². The van der Waals surface area contributed by atoms with E-state index < -0.39 is 11.4 Å². The number of aromatic amines is 2. The lowest BCUT2D eigenvalue weighted by Crippen LogP contribution is -2.21. The Bertz CT molecular complexity index is 998. The van der Waals surface area contributed by atoms with E-state index in [1.807, 2.05) is 6.92 Å². The lowest BCUT2D eigenvalue weighted by atomic mass is 10.0. The van der Waals surface area contributed by atoms with E-state index in [1.54, 1.807) is 12.1 Å². The zero-order valence-electron chi connectivity index (χ0n) is 13.8. The number of fused-ring (bicyclic) bond motifs is 1. The smallest absolute Gasteiger partial charge is 0.284 e. The van der Waals surface area contributed by atoms with Crippen LogP contribution in [0.25, 0.3) is 16.7 Å². The van der Waals surface area contributed by atoms with Gasteiger partial charge in [-0.2, -0.15) is 0 Å². The van der Waals surface area contributed by atoms with Crippen molar-refractivity contribution in [2.24, 2.45) is 0 Å². The summed E-state index contributed by atoms with van der Waals surface area (Å²) in [4.78, 5) is 28.5. The molecule has 3 aromatic rings. The fraction of sp³-hybridized carbons (Fsp3) is 0.333. The Balaban J connectivity index is 2.19. The normalized spacial score (nSPS) is 11.3. The number of nitrogens with one attached hydrogen (secondary N) is 2. The van der Waals surface area contributed by atoms with Gasteiger partial charge in [-0.05, 0) is 31.9 Å². The van der Waals surface area contributed by atoms with Crippen LogP contribution in [0.3, 0.4) is 0 Å². The third-order valence-electron chi connectivity index (χ3n) is 4.28. The summed E-state index contributed by atoms with van der Waals surface area (Å²) in [5.74, 6) is -0.529. The number of aryl methyl sites for hydroxylation is 1. The Kier molecular flexibility index (Phi) is 4.38. The van der Waals surface area contributed by atoms with Crippen LogP contribution in [0.2, 0.25) is 0 Å². The molecule has 0 saturated carbocycles. The predicted molar refractivity (Wildman–Crippen MR) is 92.4 cm³/mol. The van der Waals surface area contributed by atoms with Gasteiger partial charge < -0.3 is 4.98 Å². The number of para-hydroxylation sites is 1. The lowest BCUT2D eigenvalue weighted by molar-refractivity contribution is 0.609. The van der Waals surface area contributed by atoms with Crippen molar-refractivity contribution in [2.45, 2.75) is 39.5 Å². The number of nitrogens with zero attached hydrogens (tertiary/aromatic N) is 1. The summed E-state index contributed by atoms with van der Waals surface area (Å²) >= 11 is 0. The molecule has 0 unspecified atom stereocenters. The fourth-order valence-corrected chi connectivity index (χ4v) is 2.98. The molecule has 5 nitrogen and oxygen atoms in total. The number of benzene rings is 1. The predicted octanol–water partition coefficient (Wildman–Crippen LogP) is 3.19.